The summed E-state index contributed by atoms with van der Waals surface area (Å²) in [6.45, 7) is 10.6. The van der Waals surface area contributed by atoms with Gasteiger partial charge in [0, 0.05) is 12.5 Å². The number of hydrogen-bond acceptors (Lipinski definition) is 5. The Morgan fingerprint density at radius 1 is 1.32 bits per heavy atom. The van der Waals surface area contributed by atoms with E-state index in [4.69, 9.17) is 0 Å². The molecule has 0 bridgehead atoms. The monoisotopic (exact) mass is 346 g/mol. The highest BCUT2D eigenvalue weighted by atomic mass is 16.4. The first-order chi connectivity index (χ1) is 11.5. The van der Waals surface area contributed by atoms with Gasteiger partial charge in [-0.2, -0.15) is 0 Å². The Labute approximate surface area is 147 Å². The summed E-state index contributed by atoms with van der Waals surface area (Å²) in [5.41, 5.74) is 0.253. The average molecular weight is 346 g/mol. The molecule has 7 nitrogen and oxygen atoms in total. The maximum Gasteiger partial charge on any atom is 0.326 e. The molecule has 4 atom stereocenters. The van der Waals surface area contributed by atoms with Crippen LogP contribution in [0.5, 0.6) is 0 Å². The van der Waals surface area contributed by atoms with E-state index in [1.54, 1.807) is 17.3 Å². The van der Waals surface area contributed by atoms with Gasteiger partial charge in [-0.3, -0.25) is 4.79 Å². The zero-order valence-electron chi connectivity index (χ0n) is 15.4. The van der Waals surface area contributed by atoms with E-state index in [1.165, 1.54) is 6.33 Å². The Hall–Kier alpha value is -2.18. The minimum atomic E-state index is -0.915. The number of carbonyl (C=O) groups is 2. The summed E-state index contributed by atoms with van der Waals surface area (Å²) in [5.74, 6) is -0.790. The number of rotatable bonds is 4. The Morgan fingerprint density at radius 2 is 1.92 bits per heavy atom. The molecule has 0 spiro atoms. The lowest BCUT2D eigenvalue weighted by molar-refractivity contribution is -0.151. The lowest BCUT2D eigenvalue weighted by Gasteiger charge is -2.37. The fraction of sp³-hybridized carbons (Fsp3) is 0.667. The van der Waals surface area contributed by atoms with E-state index >= 15 is 0 Å². The van der Waals surface area contributed by atoms with Crippen LogP contribution in [0, 0.1) is 22.7 Å². The van der Waals surface area contributed by atoms with Crippen molar-refractivity contribution >= 4 is 17.6 Å². The van der Waals surface area contributed by atoms with Gasteiger partial charge in [0.15, 0.2) is 0 Å². The number of carboxylic acids is 1. The van der Waals surface area contributed by atoms with Crippen molar-refractivity contribution in [1.29, 1.82) is 0 Å². The van der Waals surface area contributed by atoms with E-state index in [2.05, 4.69) is 29.1 Å². The standard InChI is InChI=1S/C18H26N4O3/c1-17(2,3)14(21-10-6-19-9-20-7-10)15(23)22-8-11-12(18(11,4)5)13(22)16(24)25/h6-7,9,11-14,21H,8H2,1-5H3,(H,24,25)/t11-,12-,13-,14+/m0/s1. The van der Waals surface area contributed by atoms with Gasteiger partial charge in [-0.25, -0.2) is 14.8 Å². The molecule has 1 amide bonds. The minimum absolute atomic E-state index is 0.00222. The number of carbonyl (C=O) groups excluding carboxylic acids is 1. The molecule has 1 aliphatic carbocycles. The number of nitrogens with one attached hydrogen (secondary N) is 1. The van der Waals surface area contributed by atoms with Crippen molar-refractivity contribution < 1.29 is 14.7 Å². The fourth-order valence-electron chi connectivity index (χ4n) is 4.15. The van der Waals surface area contributed by atoms with Crippen LogP contribution in [0.15, 0.2) is 18.7 Å². The highest BCUT2D eigenvalue weighted by Crippen LogP contribution is 2.65. The first-order valence-electron chi connectivity index (χ1n) is 8.60. The normalized spacial score (nSPS) is 28.2. The number of anilines is 1. The highest BCUT2D eigenvalue weighted by molar-refractivity contribution is 5.91. The molecule has 0 aromatic carbocycles. The van der Waals surface area contributed by atoms with Gasteiger partial charge in [0.05, 0.1) is 18.1 Å². The molecule has 0 radical (unpaired) electrons. The summed E-state index contributed by atoms with van der Waals surface area (Å²) in [6.07, 6.45) is 4.65. The number of piperidine rings is 1. The fourth-order valence-corrected chi connectivity index (χ4v) is 4.15. The summed E-state index contributed by atoms with van der Waals surface area (Å²) in [7, 11) is 0. The summed E-state index contributed by atoms with van der Waals surface area (Å²) in [5, 5.41) is 12.9. The largest absolute Gasteiger partial charge is 0.480 e. The molecule has 3 rings (SSSR count). The summed E-state index contributed by atoms with van der Waals surface area (Å²) in [4.78, 5) is 34.6. The number of nitrogens with zero attached hydrogens (tertiary/aromatic N) is 3. The van der Waals surface area contributed by atoms with E-state index in [0.717, 1.165) is 0 Å². The van der Waals surface area contributed by atoms with Crippen LogP contribution in [-0.2, 0) is 9.59 Å². The Bertz CT molecular complexity index is 683. The van der Waals surface area contributed by atoms with Crippen LogP contribution >= 0.6 is 0 Å². The Kier molecular flexibility index (Phi) is 4.00. The molecule has 1 aliphatic heterocycles. The average Bonchev–Trinajstić information content (AvgIpc) is 2.88. The topological polar surface area (TPSA) is 95.4 Å². The van der Waals surface area contributed by atoms with Crippen molar-refractivity contribution in [3.05, 3.63) is 18.7 Å². The molecule has 1 saturated carbocycles. The van der Waals surface area contributed by atoms with Gasteiger partial charge in [0.25, 0.3) is 0 Å². The lowest BCUT2D eigenvalue weighted by atomic mass is 9.85. The van der Waals surface area contributed by atoms with Gasteiger partial charge in [-0.15, -0.1) is 0 Å². The number of aliphatic carboxylic acids is 1. The predicted octanol–water partition coefficient (Wildman–Crippen LogP) is 1.87. The molecule has 25 heavy (non-hydrogen) atoms. The van der Waals surface area contributed by atoms with Crippen molar-refractivity contribution in [3.8, 4) is 0 Å². The van der Waals surface area contributed by atoms with Crippen molar-refractivity contribution in [3.63, 3.8) is 0 Å². The second kappa shape index (κ2) is 5.68. The summed E-state index contributed by atoms with van der Waals surface area (Å²) < 4.78 is 0. The molecule has 1 aromatic heterocycles. The van der Waals surface area contributed by atoms with E-state index < -0.39 is 23.5 Å². The first kappa shape index (κ1) is 17.6. The molecular formula is C18H26N4O3. The number of carboxylic acid groups (broad SMARTS) is 1. The smallest absolute Gasteiger partial charge is 0.326 e. The molecule has 2 heterocycles. The second-order valence-corrected chi connectivity index (χ2v) is 8.80. The van der Waals surface area contributed by atoms with Crippen LogP contribution in [0.25, 0.3) is 0 Å². The number of aromatic nitrogens is 2. The van der Waals surface area contributed by atoms with Gasteiger partial charge < -0.3 is 15.3 Å². The van der Waals surface area contributed by atoms with Gasteiger partial charge in [0.1, 0.15) is 18.4 Å². The van der Waals surface area contributed by atoms with Gasteiger partial charge in [0.2, 0.25) is 5.91 Å². The van der Waals surface area contributed by atoms with E-state index in [1.807, 2.05) is 20.8 Å². The number of fused-ring (bicyclic) bond motifs is 1. The third-order valence-corrected chi connectivity index (χ3v) is 5.73. The highest BCUT2D eigenvalue weighted by Gasteiger charge is 2.70. The molecular weight excluding hydrogens is 320 g/mol. The van der Waals surface area contributed by atoms with Gasteiger partial charge >= 0.3 is 5.97 Å². The quantitative estimate of drug-likeness (QED) is 0.864. The molecule has 136 valence electrons. The van der Waals surface area contributed by atoms with E-state index in [9.17, 15) is 14.7 Å². The second-order valence-electron chi connectivity index (χ2n) is 8.80. The molecule has 0 unspecified atom stereocenters. The lowest BCUT2D eigenvalue weighted by Crippen LogP contribution is -2.54. The van der Waals surface area contributed by atoms with Crippen LogP contribution in [0.4, 0.5) is 5.69 Å². The van der Waals surface area contributed by atoms with Crippen LogP contribution in [0.1, 0.15) is 34.6 Å². The number of likely N-dealkylation sites (tertiary alicyclic amines) is 1. The summed E-state index contributed by atoms with van der Waals surface area (Å²) >= 11 is 0. The Morgan fingerprint density at radius 3 is 2.44 bits per heavy atom. The van der Waals surface area contributed by atoms with Gasteiger partial charge in [-0.05, 0) is 16.7 Å². The molecule has 1 aromatic rings. The summed E-state index contributed by atoms with van der Waals surface area (Å²) in [6, 6.07) is -1.30. The van der Waals surface area contributed by atoms with Crippen molar-refractivity contribution in [2.45, 2.75) is 46.7 Å². The SMILES string of the molecule is CC(C)(C)[C@H](Nc1cncnc1)C(=O)N1C[C@H]2[C@@H]([C@H]1C(=O)O)C2(C)C. The number of hydrogen-bond donors (Lipinski definition) is 2. The molecule has 2 aliphatic rings. The minimum Gasteiger partial charge on any atom is -0.480 e. The van der Waals surface area contributed by atoms with Gasteiger partial charge in [-0.1, -0.05) is 34.6 Å². The maximum absolute atomic E-state index is 13.2. The molecule has 2 fully saturated rings. The van der Waals surface area contributed by atoms with Crippen LogP contribution < -0.4 is 5.32 Å². The van der Waals surface area contributed by atoms with Crippen molar-refractivity contribution in [2.75, 3.05) is 11.9 Å². The predicted molar refractivity (Wildman–Crippen MR) is 92.8 cm³/mol. The number of amides is 1. The third kappa shape index (κ3) is 2.96. The van der Waals surface area contributed by atoms with Crippen LogP contribution in [0.2, 0.25) is 0 Å². The van der Waals surface area contributed by atoms with Crippen LogP contribution in [0.3, 0.4) is 0 Å². The zero-order valence-corrected chi connectivity index (χ0v) is 15.4. The molecule has 7 heteroatoms. The van der Waals surface area contributed by atoms with Crippen molar-refractivity contribution in [2.24, 2.45) is 22.7 Å². The maximum atomic E-state index is 13.2. The van der Waals surface area contributed by atoms with E-state index in [-0.39, 0.29) is 23.2 Å². The zero-order chi connectivity index (χ0) is 18.6. The first-order valence-corrected chi connectivity index (χ1v) is 8.60. The molecule has 2 N–H and O–H groups in total. The third-order valence-electron chi connectivity index (χ3n) is 5.73. The van der Waals surface area contributed by atoms with Crippen LogP contribution in [-0.4, -0.2) is 50.5 Å². The molecule has 1 saturated heterocycles. The van der Waals surface area contributed by atoms with Crippen molar-refractivity contribution in [1.82, 2.24) is 14.9 Å². The van der Waals surface area contributed by atoms with E-state index in [0.29, 0.717) is 12.2 Å². The Balaban J connectivity index is 1.84.